The Morgan fingerprint density at radius 1 is 1.44 bits per heavy atom. The van der Waals surface area contributed by atoms with Crippen LogP contribution in [0.3, 0.4) is 0 Å². The fourth-order valence-corrected chi connectivity index (χ4v) is 2.64. The predicted octanol–water partition coefficient (Wildman–Crippen LogP) is 0.391. The third-order valence-electron chi connectivity index (χ3n) is 4.12. The summed E-state index contributed by atoms with van der Waals surface area (Å²) in [5, 5.41) is 12.2. The first kappa shape index (κ1) is 11.9. The van der Waals surface area contributed by atoms with Crippen molar-refractivity contribution in [2.24, 2.45) is 17.6 Å². The van der Waals surface area contributed by atoms with E-state index in [0.717, 1.165) is 32.1 Å². The molecule has 0 aliphatic heterocycles. The summed E-state index contributed by atoms with van der Waals surface area (Å²) in [6.07, 6.45) is 5.19. The minimum atomic E-state index is -0.720. The molecule has 0 spiro atoms. The van der Waals surface area contributed by atoms with Crippen molar-refractivity contribution in [1.82, 2.24) is 5.32 Å². The van der Waals surface area contributed by atoms with E-state index in [0.29, 0.717) is 5.92 Å². The molecule has 0 saturated heterocycles. The second kappa shape index (κ2) is 4.34. The average Bonchev–Trinajstić information content (AvgIpc) is 3.01. The molecule has 2 aliphatic rings. The molecule has 2 fully saturated rings. The average molecular weight is 226 g/mol. The van der Waals surface area contributed by atoms with Gasteiger partial charge in [0.15, 0.2) is 0 Å². The van der Waals surface area contributed by atoms with Gasteiger partial charge in [-0.3, -0.25) is 4.79 Å². The Morgan fingerprint density at radius 3 is 2.69 bits per heavy atom. The molecule has 4 nitrogen and oxygen atoms in total. The molecule has 0 bridgehead atoms. The number of amides is 1. The Morgan fingerprint density at radius 2 is 2.12 bits per heavy atom. The van der Waals surface area contributed by atoms with Gasteiger partial charge in [-0.2, -0.15) is 0 Å². The van der Waals surface area contributed by atoms with Crippen molar-refractivity contribution >= 4 is 5.91 Å². The zero-order valence-corrected chi connectivity index (χ0v) is 9.91. The molecule has 2 saturated carbocycles. The molecule has 16 heavy (non-hydrogen) atoms. The Labute approximate surface area is 96.6 Å². The van der Waals surface area contributed by atoms with Gasteiger partial charge >= 0.3 is 0 Å². The third kappa shape index (κ3) is 2.23. The summed E-state index contributed by atoms with van der Waals surface area (Å²) < 4.78 is 0. The standard InChI is InChI=1S/C12H22N2O2/c1-12(13,9-5-6-9)11(16)14-10-4-2-3-8(10)7-15/h8-10,15H,2-7,13H2,1H3,(H,14,16). The van der Waals surface area contributed by atoms with Crippen LogP contribution in [0.5, 0.6) is 0 Å². The van der Waals surface area contributed by atoms with E-state index in [1.54, 1.807) is 0 Å². The van der Waals surface area contributed by atoms with E-state index >= 15 is 0 Å². The number of hydrogen-bond donors (Lipinski definition) is 3. The molecule has 2 aliphatic carbocycles. The van der Waals surface area contributed by atoms with Crippen LogP contribution in [0.2, 0.25) is 0 Å². The van der Waals surface area contributed by atoms with Crippen molar-refractivity contribution in [3.05, 3.63) is 0 Å². The number of carbonyl (C=O) groups is 1. The summed E-state index contributed by atoms with van der Waals surface area (Å²) in [5.74, 6) is 0.529. The van der Waals surface area contributed by atoms with Gasteiger partial charge in [-0.05, 0) is 38.5 Å². The number of carbonyl (C=O) groups excluding carboxylic acids is 1. The van der Waals surface area contributed by atoms with Crippen LogP contribution in [-0.4, -0.2) is 29.2 Å². The van der Waals surface area contributed by atoms with Crippen LogP contribution in [0.4, 0.5) is 0 Å². The maximum atomic E-state index is 12.0. The highest BCUT2D eigenvalue weighted by Crippen LogP contribution is 2.38. The normalized spacial score (nSPS) is 33.4. The molecule has 0 radical (unpaired) electrons. The summed E-state index contributed by atoms with van der Waals surface area (Å²) in [6.45, 7) is 1.98. The fourth-order valence-electron chi connectivity index (χ4n) is 2.64. The van der Waals surface area contributed by atoms with Gasteiger partial charge in [0, 0.05) is 18.6 Å². The fraction of sp³-hybridized carbons (Fsp3) is 0.917. The number of hydrogen-bond acceptors (Lipinski definition) is 3. The molecule has 1 amide bonds. The van der Waals surface area contributed by atoms with Gasteiger partial charge in [-0.1, -0.05) is 6.42 Å². The van der Waals surface area contributed by atoms with E-state index in [1.807, 2.05) is 6.92 Å². The van der Waals surface area contributed by atoms with Crippen LogP contribution >= 0.6 is 0 Å². The third-order valence-corrected chi connectivity index (χ3v) is 4.12. The van der Waals surface area contributed by atoms with Gasteiger partial charge in [0.05, 0.1) is 5.54 Å². The van der Waals surface area contributed by atoms with Gasteiger partial charge in [0.2, 0.25) is 5.91 Å². The molecular formula is C12H22N2O2. The lowest BCUT2D eigenvalue weighted by Gasteiger charge is -2.27. The SMILES string of the molecule is CC(N)(C(=O)NC1CCCC1CO)C1CC1. The molecular weight excluding hydrogens is 204 g/mol. The molecule has 0 aromatic rings. The Hall–Kier alpha value is -0.610. The van der Waals surface area contributed by atoms with E-state index in [-0.39, 0.29) is 24.5 Å². The van der Waals surface area contributed by atoms with Gasteiger partial charge in [-0.25, -0.2) is 0 Å². The highest BCUT2D eigenvalue weighted by Gasteiger charge is 2.45. The van der Waals surface area contributed by atoms with Crippen molar-refractivity contribution < 1.29 is 9.90 Å². The van der Waals surface area contributed by atoms with Crippen molar-refractivity contribution in [3.63, 3.8) is 0 Å². The van der Waals surface area contributed by atoms with Gasteiger partial charge in [-0.15, -0.1) is 0 Å². The number of nitrogens with two attached hydrogens (primary N) is 1. The zero-order valence-electron chi connectivity index (χ0n) is 9.91. The topological polar surface area (TPSA) is 75.4 Å². The Bertz CT molecular complexity index is 274. The first-order valence-electron chi connectivity index (χ1n) is 6.26. The molecule has 0 heterocycles. The highest BCUT2D eigenvalue weighted by atomic mass is 16.3. The lowest BCUT2D eigenvalue weighted by atomic mass is 9.94. The monoisotopic (exact) mass is 226 g/mol. The van der Waals surface area contributed by atoms with Crippen LogP contribution in [0.25, 0.3) is 0 Å². The molecule has 4 N–H and O–H groups in total. The summed E-state index contributed by atoms with van der Waals surface area (Å²) in [4.78, 5) is 12.0. The number of aliphatic hydroxyl groups is 1. The molecule has 0 aromatic heterocycles. The van der Waals surface area contributed by atoms with E-state index in [4.69, 9.17) is 5.73 Å². The first-order valence-corrected chi connectivity index (χ1v) is 6.26. The van der Waals surface area contributed by atoms with Gasteiger partial charge in [0.25, 0.3) is 0 Å². The minimum Gasteiger partial charge on any atom is -0.396 e. The molecule has 2 rings (SSSR count). The lowest BCUT2D eigenvalue weighted by Crippen LogP contribution is -2.56. The van der Waals surface area contributed by atoms with E-state index in [2.05, 4.69) is 5.32 Å². The maximum absolute atomic E-state index is 12.0. The summed E-state index contributed by atoms with van der Waals surface area (Å²) >= 11 is 0. The second-order valence-electron chi connectivity index (χ2n) is 5.51. The quantitative estimate of drug-likeness (QED) is 0.649. The summed E-state index contributed by atoms with van der Waals surface area (Å²) in [7, 11) is 0. The molecule has 4 heteroatoms. The van der Waals surface area contributed by atoms with Crippen LogP contribution in [-0.2, 0) is 4.79 Å². The van der Waals surface area contributed by atoms with Crippen molar-refractivity contribution in [1.29, 1.82) is 0 Å². The maximum Gasteiger partial charge on any atom is 0.240 e. The van der Waals surface area contributed by atoms with Crippen LogP contribution in [0.1, 0.15) is 39.0 Å². The summed E-state index contributed by atoms with van der Waals surface area (Å²) in [5.41, 5.74) is 5.34. The van der Waals surface area contributed by atoms with Gasteiger partial charge < -0.3 is 16.2 Å². The molecule has 92 valence electrons. The molecule has 0 aromatic carbocycles. The van der Waals surface area contributed by atoms with E-state index in [1.165, 1.54) is 0 Å². The van der Waals surface area contributed by atoms with Crippen molar-refractivity contribution in [3.8, 4) is 0 Å². The first-order chi connectivity index (χ1) is 7.55. The molecule has 3 unspecified atom stereocenters. The number of rotatable bonds is 4. The van der Waals surface area contributed by atoms with E-state index in [9.17, 15) is 9.90 Å². The van der Waals surface area contributed by atoms with Gasteiger partial charge in [0.1, 0.15) is 0 Å². The molecule has 3 atom stereocenters. The zero-order chi connectivity index (χ0) is 11.8. The minimum absolute atomic E-state index is 0.0413. The van der Waals surface area contributed by atoms with E-state index < -0.39 is 5.54 Å². The number of nitrogens with one attached hydrogen (secondary N) is 1. The lowest BCUT2D eigenvalue weighted by molar-refractivity contribution is -0.127. The van der Waals surface area contributed by atoms with Crippen molar-refractivity contribution in [2.45, 2.75) is 50.6 Å². The second-order valence-corrected chi connectivity index (χ2v) is 5.51. The summed E-state index contributed by atoms with van der Waals surface area (Å²) in [6, 6.07) is 0.124. The van der Waals surface area contributed by atoms with Crippen molar-refractivity contribution in [2.75, 3.05) is 6.61 Å². The van der Waals surface area contributed by atoms with Crippen LogP contribution in [0, 0.1) is 11.8 Å². The van der Waals surface area contributed by atoms with Crippen LogP contribution in [0.15, 0.2) is 0 Å². The Balaban J connectivity index is 1.91. The van der Waals surface area contributed by atoms with Crippen LogP contribution < -0.4 is 11.1 Å². The largest absolute Gasteiger partial charge is 0.396 e. The Kier molecular flexibility index (Phi) is 3.22. The predicted molar refractivity (Wildman–Crippen MR) is 61.7 cm³/mol. The number of aliphatic hydroxyl groups excluding tert-OH is 1. The highest BCUT2D eigenvalue weighted by molar-refractivity contribution is 5.86. The smallest absolute Gasteiger partial charge is 0.240 e.